The number of benzene rings is 2. The molecule has 0 aliphatic carbocycles. The average Bonchev–Trinajstić information content (AvgIpc) is 3.66. The highest BCUT2D eigenvalue weighted by Crippen LogP contribution is 2.43. The summed E-state index contributed by atoms with van der Waals surface area (Å²) in [5.41, 5.74) is 2.85. The van der Waals surface area contributed by atoms with Crippen LogP contribution in [0.5, 0.6) is 11.6 Å². The molecule has 2 N–H and O–H groups in total. The number of nitrogens with zero attached hydrogens (tertiary/aromatic N) is 4. The third kappa shape index (κ3) is 4.45. The van der Waals surface area contributed by atoms with E-state index in [1.54, 1.807) is 50.9 Å². The first-order valence-corrected chi connectivity index (χ1v) is 13.3. The van der Waals surface area contributed by atoms with Crippen LogP contribution < -0.4 is 20.6 Å². The Morgan fingerprint density at radius 3 is 2.56 bits per heavy atom. The Morgan fingerprint density at radius 2 is 1.90 bits per heavy atom. The van der Waals surface area contributed by atoms with E-state index in [-0.39, 0.29) is 22.5 Å². The van der Waals surface area contributed by atoms with Crippen molar-refractivity contribution in [1.82, 2.24) is 19.4 Å². The van der Waals surface area contributed by atoms with Crippen LogP contribution in [-0.2, 0) is 7.05 Å². The van der Waals surface area contributed by atoms with Gasteiger partial charge in [0.25, 0.3) is 0 Å². The largest absolute Gasteiger partial charge is 0.507 e. The molecule has 4 aromatic rings. The molecule has 2 aliphatic rings. The van der Waals surface area contributed by atoms with Crippen LogP contribution in [-0.4, -0.2) is 51.5 Å². The Bertz CT molecular complexity index is 1630. The minimum atomic E-state index is -0.509. The lowest BCUT2D eigenvalue weighted by Crippen LogP contribution is -2.42. The summed E-state index contributed by atoms with van der Waals surface area (Å²) in [6, 6.07) is 9.47. The van der Waals surface area contributed by atoms with E-state index in [0.29, 0.717) is 33.3 Å². The van der Waals surface area contributed by atoms with Crippen LogP contribution in [0.25, 0.3) is 27.9 Å². The second kappa shape index (κ2) is 9.73. The highest BCUT2D eigenvalue weighted by molar-refractivity contribution is 6.32. The molecule has 2 saturated heterocycles. The number of hydrogen-bond donors (Lipinski definition) is 2. The van der Waals surface area contributed by atoms with E-state index < -0.39 is 5.82 Å². The van der Waals surface area contributed by atoms with Crippen molar-refractivity contribution in [3.63, 3.8) is 0 Å². The third-order valence-electron chi connectivity index (χ3n) is 7.90. The zero-order chi connectivity index (χ0) is 27.3. The van der Waals surface area contributed by atoms with Crippen molar-refractivity contribution < 1.29 is 14.2 Å². The number of aromatic hydroxyl groups is 1. The zero-order valence-corrected chi connectivity index (χ0v) is 22.5. The maximum atomic E-state index is 15.0. The van der Waals surface area contributed by atoms with Gasteiger partial charge < -0.3 is 24.6 Å². The van der Waals surface area contributed by atoms with Crippen LogP contribution in [0.3, 0.4) is 0 Å². The van der Waals surface area contributed by atoms with Gasteiger partial charge >= 0.3 is 5.69 Å². The molecule has 0 radical (unpaired) electrons. The van der Waals surface area contributed by atoms with E-state index in [1.807, 2.05) is 6.07 Å². The molecule has 39 heavy (non-hydrogen) atoms. The summed E-state index contributed by atoms with van der Waals surface area (Å²) < 4.78 is 23.4. The maximum absolute atomic E-state index is 15.0. The van der Waals surface area contributed by atoms with Crippen LogP contribution in [0.15, 0.2) is 59.8 Å². The van der Waals surface area contributed by atoms with Crippen LogP contribution >= 0.6 is 11.6 Å². The summed E-state index contributed by atoms with van der Waals surface area (Å²) in [7, 11) is 3.24. The molecule has 1 spiro atoms. The van der Waals surface area contributed by atoms with E-state index >= 15 is 0 Å². The highest BCUT2D eigenvalue weighted by atomic mass is 35.5. The van der Waals surface area contributed by atoms with Crippen LogP contribution in [0.2, 0.25) is 5.02 Å². The fourth-order valence-electron chi connectivity index (χ4n) is 5.82. The van der Waals surface area contributed by atoms with Gasteiger partial charge in [-0.1, -0.05) is 17.7 Å². The smallest absolute Gasteiger partial charge is 0.332 e. The average molecular weight is 550 g/mol. The minimum Gasteiger partial charge on any atom is -0.507 e. The lowest BCUT2D eigenvalue weighted by atomic mass is 9.96. The molecule has 2 fully saturated rings. The second-order valence-electron chi connectivity index (χ2n) is 10.3. The lowest BCUT2D eigenvalue weighted by molar-refractivity contribution is 0.396. The summed E-state index contributed by atoms with van der Waals surface area (Å²) in [6.45, 7) is 2.71. The van der Waals surface area contributed by atoms with Crippen molar-refractivity contribution in [3.8, 4) is 39.6 Å². The number of phenolic OH excluding ortho intramolecular Hbond substituents is 1. The molecule has 8 nitrogen and oxygen atoms in total. The zero-order valence-electron chi connectivity index (χ0n) is 21.7. The molecule has 10 heteroatoms. The van der Waals surface area contributed by atoms with Gasteiger partial charge in [0.1, 0.15) is 17.3 Å². The first kappa shape index (κ1) is 25.5. The fourth-order valence-corrected chi connectivity index (χ4v) is 6.10. The van der Waals surface area contributed by atoms with E-state index in [0.717, 1.165) is 44.6 Å². The van der Waals surface area contributed by atoms with Crippen molar-refractivity contribution in [3.05, 3.63) is 76.3 Å². The predicted molar refractivity (Wildman–Crippen MR) is 150 cm³/mol. The van der Waals surface area contributed by atoms with Gasteiger partial charge in [-0.15, -0.1) is 0 Å². The van der Waals surface area contributed by atoms with E-state index in [9.17, 15) is 14.3 Å². The minimum absolute atomic E-state index is 0.0923. The summed E-state index contributed by atoms with van der Waals surface area (Å²) in [5.74, 6) is -0.112. The van der Waals surface area contributed by atoms with Crippen molar-refractivity contribution in [2.75, 3.05) is 31.6 Å². The molecule has 1 unspecified atom stereocenters. The number of rotatable bonds is 5. The first-order valence-electron chi connectivity index (χ1n) is 12.9. The van der Waals surface area contributed by atoms with Crippen LogP contribution in [0, 0.1) is 5.82 Å². The summed E-state index contributed by atoms with van der Waals surface area (Å²) in [5, 5.41) is 15.3. The van der Waals surface area contributed by atoms with E-state index in [4.69, 9.17) is 16.3 Å². The van der Waals surface area contributed by atoms with Gasteiger partial charge in [0, 0.05) is 61.0 Å². The topological polar surface area (TPSA) is 84.5 Å². The van der Waals surface area contributed by atoms with Crippen LogP contribution in [0.4, 0.5) is 10.1 Å². The van der Waals surface area contributed by atoms with Gasteiger partial charge in [0.15, 0.2) is 0 Å². The molecule has 6 rings (SSSR count). The number of phenols is 1. The number of imidazole rings is 1. The van der Waals surface area contributed by atoms with Crippen molar-refractivity contribution in [2.45, 2.75) is 24.8 Å². The molecule has 0 saturated carbocycles. The number of methoxy groups -OCH3 is 1. The molecular formula is C29H29ClFN5O3. The van der Waals surface area contributed by atoms with E-state index in [2.05, 4.69) is 15.2 Å². The molecule has 2 aromatic carbocycles. The fraction of sp³-hybridized carbons (Fsp3) is 0.310. The normalized spacial score (nSPS) is 18.8. The molecule has 4 heterocycles. The molecule has 0 bridgehead atoms. The Kier molecular flexibility index (Phi) is 6.35. The number of aryl methyl sites for hydroxylation is 1. The summed E-state index contributed by atoms with van der Waals surface area (Å²) in [4.78, 5) is 19.1. The van der Waals surface area contributed by atoms with Gasteiger partial charge in [0.05, 0.1) is 17.8 Å². The number of nitrogens with one attached hydrogen (secondary N) is 1. The number of pyridine rings is 1. The first-order chi connectivity index (χ1) is 18.8. The van der Waals surface area contributed by atoms with Crippen molar-refractivity contribution in [2.24, 2.45) is 7.05 Å². The molecule has 202 valence electrons. The van der Waals surface area contributed by atoms with Gasteiger partial charge in [-0.2, -0.15) is 0 Å². The number of aromatic nitrogens is 3. The van der Waals surface area contributed by atoms with Crippen molar-refractivity contribution in [1.29, 1.82) is 0 Å². The lowest BCUT2D eigenvalue weighted by Gasteiger charge is -2.26. The Morgan fingerprint density at radius 1 is 1.10 bits per heavy atom. The number of anilines is 1. The molecular weight excluding hydrogens is 521 g/mol. The van der Waals surface area contributed by atoms with Gasteiger partial charge in [-0.05, 0) is 61.7 Å². The van der Waals surface area contributed by atoms with E-state index in [1.165, 1.54) is 21.3 Å². The SMILES string of the molecule is COc1ncc(-c2cc(F)cc(-c3ccc(-n4ccn(C)c4=O)c(Cl)c3)c2O)cc1N1CCC2(CCCN2)C1. The number of halogens is 2. The maximum Gasteiger partial charge on any atom is 0.332 e. The van der Waals surface area contributed by atoms with Gasteiger partial charge in [-0.3, -0.25) is 4.57 Å². The number of hydrogen-bond acceptors (Lipinski definition) is 6. The van der Waals surface area contributed by atoms with Gasteiger partial charge in [0.2, 0.25) is 5.88 Å². The van der Waals surface area contributed by atoms with Crippen LogP contribution in [0.1, 0.15) is 19.3 Å². The predicted octanol–water partition coefficient (Wildman–Crippen LogP) is 4.74. The van der Waals surface area contributed by atoms with Gasteiger partial charge in [-0.25, -0.2) is 14.2 Å². The Labute approximate surface area is 230 Å². The molecule has 2 aliphatic heterocycles. The summed E-state index contributed by atoms with van der Waals surface area (Å²) in [6.07, 6.45) is 8.17. The molecule has 2 aromatic heterocycles. The quantitative estimate of drug-likeness (QED) is 0.374. The molecule has 0 amide bonds. The standard InChI is InChI=1S/C29H29ClFN5O3/c1-34-10-11-36(28(34)38)24-5-4-18(12-23(24)30)21-14-20(31)15-22(26(21)37)19-13-25(27(39-2)32-16-19)35-9-7-29(17-35)6-3-8-33-29/h4-5,10-16,33,37H,3,6-9,17H2,1-2H3. The molecule has 1 atom stereocenters. The monoisotopic (exact) mass is 549 g/mol. The summed E-state index contributed by atoms with van der Waals surface area (Å²) >= 11 is 6.54. The second-order valence-corrected chi connectivity index (χ2v) is 10.7. The Hall–Kier alpha value is -3.82. The number of ether oxygens (including phenoxy) is 1. The Balaban J connectivity index is 1.39. The highest BCUT2D eigenvalue weighted by Gasteiger charge is 2.41. The van der Waals surface area contributed by atoms with Crippen molar-refractivity contribution >= 4 is 17.3 Å². The third-order valence-corrected chi connectivity index (χ3v) is 8.21.